The molecule has 1 N–H and O–H groups in total. The van der Waals surface area contributed by atoms with Crippen LogP contribution in [-0.4, -0.2) is 60.1 Å². The van der Waals surface area contributed by atoms with Crippen LogP contribution in [0.25, 0.3) is 0 Å². The molecular weight excluding hydrogens is 246 g/mol. The first-order valence-corrected chi connectivity index (χ1v) is 9.10. The minimum absolute atomic E-state index is 0.473. The normalized spacial score (nSPS) is 39.0. The van der Waals surface area contributed by atoms with E-state index in [-0.39, 0.29) is 0 Å². The molecule has 0 aromatic carbocycles. The molecule has 4 aliphatic rings. The van der Waals surface area contributed by atoms with E-state index in [2.05, 4.69) is 15.1 Å². The number of nitrogens with zero attached hydrogens (tertiary/aromatic N) is 2. The van der Waals surface area contributed by atoms with Crippen LogP contribution in [-0.2, 0) is 0 Å². The molecule has 0 aromatic heterocycles. The van der Waals surface area contributed by atoms with E-state index < -0.39 is 0 Å². The van der Waals surface area contributed by atoms with E-state index in [1.807, 2.05) is 0 Å². The predicted molar refractivity (Wildman–Crippen MR) is 83.0 cm³/mol. The molecule has 2 atom stereocenters. The highest BCUT2D eigenvalue weighted by molar-refractivity contribution is 5.02. The largest absolute Gasteiger partial charge is 0.310 e. The van der Waals surface area contributed by atoms with Gasteiger partial charge in [-0.05, 0) is 58.2 Å². The molecule has 4 rings (SSSR count). The Balaban J connectivity index is 1.49. The molecule has 2 unspecified atom stereocenters. The van der Waals surface area contributed by atoms with Crippen molar-refractivity contribution in [1.29, 1.82) is 0 Å². The lowest BCUT2D eigenvalue weighted by Gasteiger charge is -2.42. The van der Waals surface area contributed by atoms with Crippen molar-refractivity contribution < 1.29 is 0 Å². The van der Waals surface area contributed by atoms with E-state index in [0.717, 1.165) is 12.1 Å². The Morgan fingerprint density at radius 3 is 2.45 bits per heavy atom. The van der Waals surface area contributed by atoms with Crippen LogP contribution < -0.4 is 5.32 Å². The summed E-state index contributed by atoms with van der Waals surface area (Å²) in [5.41, 5.74) is 0.473. The lowest BCUT2D eigenvalue weighted by molar-refractivity contribution is 0.110. The van der Waals surface area contributed by atoms with Gasteiger partial charge in [0.1, 0.15) is 0 Å². The van der Waals surface area contributed by atoms with Crippen molar-refractivity contribution >= 4 is 0 Å². The average molecular weight is 277 g/mol. The van der Waals surface area contributed by atoms with Crippen LogP contribution in [0.15, 0.2) is 0 Å². The van der Waals surface area contributed by atoms with Gasteiger partial charge in [-0.15, -0.1) is 0 Å². The Kier molecular flexibility index (Phi) is 3.78. The van der Waals surface area contributed by atoms with E-state index >= 15 is 0 Å². The molecule has 4 fully saturated rings. The molecule has 0 aromatic rings. The zero-order valence-electron chi connectivity index (χ0n) is 12.9. The van der Waals surface area contributed by atoms with Gasteiger partial charge in [0, 0.05) is 30.7 Å². The second-order valence-electron chi connectivity index (χ2n) is 7.69. The summed E-state index contributed by atoms with van der Waals surface area (Å²) in [7, 11) is 0. The predicted octanol–water partition coefficient (Wildman–Crippen LogP) is 2.22. The average Bonchev–Trinajstić information content (AvgIpc) is 3.01. The maximum absolute atomic E-state index is 3.95. The lowest BCUT2D eigenvalue weighted by Crippen LogP contribution is -2.55. The molecule has 0 bridgehead atoms. The van der Waals surface area contributed by atoms with Crippen molar-refractivity contribution in [2.75, 3.05) is 32.7 Å². The fourth-order valence-corrected chi connectivity index (χ4v) is 5.49. The molecule has 3 heteroatoms. The molecule has 3 saturated heterocycles. The summed E-state index contributed by atoms with van der Waals surface area (Å²) >= 11 is 0. The van der Waals surface area contributed by atoms with Crippen molar-refractivity contribution in [3.8, 4) is 0 Å². The van der Waals surface area contributed by atoms with E-state index in [0.29, 0.717) is 5.54 Å². The van der Waals surface area contributed by atoms with Crippen LogP contribution >= 0.6 is 0 Å². The monoisotopic (exact) mass is 277 g/mol. The summed E-state index contributed by atoms with van der Waals surface area (Å²) in [5.74, 6) is 0. The third kappa shape index (κ3) is 2.42. The topological polar surface area (TPSA) is 18.5 Å². The van der Waals surface area contributed by atoms with Crippen molar-refractivity contribution in [3.05, 3.63) is 0 Å². The minimum Gasteiger partial charge on any atom is -0.310 e. The zero-order valence-corrected chi connectivity index (χ0v) is 12.9. The van der Waals surface area contributed by atoms with Crippen LogP contribution in [0.1, 0.15) is 57.8 Å². The SMILES string of the molecule is C1CCC2(CC1)CN(C1CCN3CCCC13)CCCN2. The number of hydrogen-bond donors (Lipinski definition) is 1. The van der Waals surface area contributed by atoms with Gasteiger partial charge in [-0.3, -0.25) is 9.80 Å². The Morgan fingerprint density at radius 1 is 0.750 bits per heavy atom. The molecule has 1 saturated carbocycles. The van der Waals surface area contributed by atoms with Gasteiger partial charge < -0.3 is 5.32 Å². The summed E-state index contributed by atoms with van der Waals surface area (Å²) in [6, 6.07) is 1.77. The molecule has 1 aliphatic carbocycles. The third-order valence-electron chi connectivity index (χ3n) is 6.48. The fourth-order valence-electron chi connectivity index (χ4n) is 5.49. The number of fused-ring (bicyclic) bond motifs is 1. The summed E-state index contributed by atoms with van der Waals surface area (Å²) in [5, 5.41) is 3.95. The second kappa shape index (κ2) is 5.58. The van der Waals surface area contributed by atoms with Gasteiger partial charge in [0.2, 0.25) is 0 Å². The van der Waals surface area contributed by atoms with Gasteiger partial charge in [-0.1, -0.05) is 19.3 Å². The second-order valence-corrected chi connectivity index (χ2v) is 7.69. The first-order valence-electron chi connectivity index (χ1n) is 9.10. The van der Waals surface area contributed by atoms with Crippen LogP contribution in [0, 0.1) is 0 Å². The molecule has 20 heavy (non-hydrogen) atoms. The van der Waals surface area contributed by atoms with Gasteiger partial charge in [-0.2, -0.15) is 0 Å². The first kappa shape index (κ1) is 13.5. The Labute approximate surface area is 124 Å². The van der Waals surface area contributed by atoms with Crippen molar-refractivity contribution in [2.45, 2.75) is 75.4 Å². The molecule has 3 heterocycles. The molecule has 3 aliphatic heterocycles. The molecule has 3 nitrogen and oxygen atoms in total. The van der Waals surface area contributed by atoms with Crippen LogP contribution in [0.4, 0.5) is 0 Å². The summed E-state index contributed by atoms with van der Waals surface area (Å²) < 4.78 is 0. The van der Waals surface area contributed by atoms with Crippen molar-refractivity contribution in [1.82, 2.24) is 15.1 Å². The van der Waals surface area contributed by atoms with Gasteiger partial charge in [-0.25, -0.2) is 0 Å². The highest BCUT2D eigenvalue weighted by atomic mass is 15.3. The smallest absolute Gasteiger partial charge is 0.0308 e. The number of rotatable bonds is 1. The molecular formula is C17H31N3. The zero-order chi connectivity index (χ0) is 13.4. The third-order valence-corrected chi connectivity index (χ3v) is 6.48. The quantitative estimate of drug-likeness (QED) is 0.793. The van der Waals surface area contributed by atoms with Gasteiger partial charge in [0.05, 0.1) is 0 Å². The number of nitrogens with one attached hydrogen (secondary N) is 1. The van der Waals surface area contributed by atoms with Crippen LogP contribution in [0.2, 0.25) is 0 Å². The van der Waals surface area contributed by atoms with Crippen LogP contribution in [0.3, 0.4) is 0 Å². The van der Waals surface area contributed by atoms with E-state index in [1.54, 1.807) is 0 Å². The maximum atomic E-state index is 3.95. The summed E-state index contributed by atoms with van der Waals surface area (Å²) in [4.78, 5) is 5.68. The molecule has 0 amide bonds. The number of hydrogen-bond acceptors (Lipinski definition) is 3. The fraction of sp³-hybridized carbons (Fsp3) is 1.00. The van der Waals surface area contributed by atoms with Crippen molar-refractivity contribution in [3.63, 3.8) is 0 Å². The van der Waals surface area contributed by atoms with E-state index in [4.69, 9.17) is 0 Å². The highest BCUT2D eigenvalue weighted by Gasteiger charge is 2.43. The molecule has 0 radical (unpaired) electrons. The lowest BCUT2D eigenvalue weighted by atomic mass is 9.81. The Bertz CT molecular complexity index is 337. The summed E-state index contributed by atoms with van der Waals surface area (Å²) in [6.07, 6.45) is 12.9. The summed E-state index contributed by atoms with van der Waals surface area (Å²) in [6.45, 7) is 6.66. The van der Waals surface area contributed by atoms with E-state index in [1.165, 1.54) is 90.5 Å². The van der Waals surface area contributed by atoms with Crippen LogP contribution in [0.5, 0.6) is 0 Å². The van der Waals surface area contributed by atoms with Gasteiger partial charge >= 0.3 is 0 Å². The minimum atomic E-state index is 0.473. The highest BCUT2D eigenvalue weighted by Crippen LogP contribution is 2.35. The Morgan fingerprint density at radius 2 is 1.55 bits per heavy atom. The first-order chi connectivity index (χ1) is 9.86. The maximum Gasteiger partial charge on any atom is 0.0308 e. The van der Waals surface area contributed by atoms with Crippen molar-refractivity contribution in [2.24, 2.45) is 0 Å². The van der Waals surface area contributed by atoms with E-state index in [9.17, 15) is 0 Å². The van der Waals surface area contributed by atoms with Gasteiger partial charge in [0.15, 0.2) is 0 Å². The Hall–Kier alpha value is -0.120. The van der Waals surface area contributed by atoms with Gasteiger partial charge in [0.25, 0.3) is 0 Å². The molecule has 114 valence electrons. The standard InChI is InChI=1S/C17H31N3/c1-2-8-17(9-3-1)14-20(12-5-10-18-17)16-7-13-19-11-4-6-15(16)19/h15-16,18H,1-14H2. The molecule has 1 spiro atoms.